The summed E-state index contributed by atoms with van der Waals surface area (Å²) in [5, 5.41) is 14.5. The fraction of sp³-hybridized carbons (Fsp3) is 0.364. The van der Waals surface area contributed by atoms with Gasteiger partial charge < -0.3 is 9.88 Å². The predicted molar refractivity (Wildman–Crippen MR) is 110 cm³/mol. The molecule has 27 heavy (non-hydrogen) atoms. The molecule has 4 rings (SSSR count). The average Bonchev–Trinajstić information content (AvgIpc) is 3.21. The van der Waals surface area contributed by atoms with Gasteiger partial charge in [0.1, 0.15) is 17.6 Å². The number of nitrogens with zero attached hydrogens (tertiary/aromatic N) is 2. The number of nitriles is 1. The molecule has 0 radical (unpaired) electrons. The molecule has 1 aliphatic carbocycles. The number of carbonyl (C=O) groups is 1. The topological polar surface area (TPSA) is 57.8 Å². The van der Waals surface area contributed by atoms with E-state index in [4.69, 9.17) is 0 Å². The molecule has 1 N–H and O–H groups in total. The number of rotatable bonds is 4. The van der Waals surface area contributed by atoms with E-state index in [1.165, 1.54) is 10.4 Å². The molecule has 0 spiro atoms. The molecule has 0 saturated carbocycles. The summed E-state index contributed by atoms with van der Waals surface area (Å²) in [5.74, 6) is 0.556. The summed E-state index contributed by atoms with van der Waals surface area (Å²) in [7, 11) is 0. The highest BCUT2D eigenvalue weighted by molar-refractivity contribution is 7.16. The number of benzene rings is 1. The molecular weight excluding hydrogens is 354 g/mol. The van der Waals surface area contributed by atoms with Crippen molar-refractivity contribution in [1.82, 2.24) is 4.57 Å². The third kappa shape index (κ3) is 3.38. The van der Waals surface area contributed by atoms with Crippen molar-refractivity contribution in [2.45, 2.75) is 46.1 Å². The molecule has 0 saturated heterocycles. The van der Waals surface area contributed by atoms with Crippen LogP contribution in [0.25, 0.3) is 10.9 Å². The molecule has 2 aromatic heterocycles. The SMILES string of the molecule is CCc1ccc2c(ccn2CC(=O)Nc2sc3c(c2C#N)CCC(C)C3)c1. The number of nitrogens with one attached hydrogen (secondary N) is 1. The molecule has 1 aliphatic rings. The Morgan fingerprint density at radius 2 is 2.26 bits per heavy atom. The molecule has 1 aromatic carbocycles. The van der Waals surface area contributed by atoms with E-state index in [-0.39, 0.29) is 12.5 Å². The molecule has 0 fully saturated rings. The normalized spacial score (nSPS) is 16.1. The third-order valence-electron chi connectivity index (χ3n) is 5.43. The first-order chi connectivity index (χ1) is 13.1. The van der Waals surface area contributed by atoms with Crippen LogP contribution in [0.15, 0.2) is 30.5 Å². The van der Waals surface area contributed by atoms with Crippen molar-refractivity contribution < 1.29 is 4.79 Å². The Kier molecular flexibility index (Phi) is 4.75. The number of carbonyl (C=O) groups excluding carboxylic acids is 1. The second kappa shape index (κ2) is 7.21. The van der Waals surface area contributed by atoms with Crippen molar-refractivity contribution in [3.63, 3.8) is 0 Å². The minimum absolute atomic E-state index is 0.0878. The molecule has 2 heterocycles. The molecule has 1 amide bonds. The lowest BCUT2D eigenvalue weighted by molar-refractivity contribution is -0.116. The molecule has 0 aliphatic heterocycles. The molecule has 4 nitrogen and oxygen atoms in total. The van der Waals surface area contributed by atoms with Gasteiger partial charge in [0, 0.05) is 16.6 Å². The second-order valence-corrected chi connectivity index (χ2v) is 8.51. The van der Waals surface area contributed by atoms with Gasteiger partial charge in [0.2, 0.25) is 5.91 Å². The molecule has 5 heteroatoms. The lowest BCUT2D eigenvalue weighted by Gasteiger charge is -2.17. The highest BCUT2D eigenvalue weighted by atomic mass is 32.1. The van der Waals surface area contributed by atoms with Gasteiger partial charge in [0.15, 0.2) is 0 Å². The van der Waals surface area contributed by atoms with Crippen LogP contribution in [0.3, 0.4) is 0 Å². The van der Waals surface area contributed by atoms with Crippen molar-refractivity contribution in [3.05, 3.63) is 52.0 Å². The zero-order valence-electron chi connectivity index (χ0n) is 15.7. The Morgan fingerprint density at radius 3 is 3.04 bits per heavy atom. The number of hydrogen-bond acceptors (Lipinski definition) is 3. The smallest absolute Gasteiger partial charge is 0.244 e. The van der Waals surface area contributed by atoms with Gasteiger partial charge in [-0.2, -0.15) is 5.26 Å². The van der Waals surface area contributed by atoms with E-state index >= 15 is 0 Å². The number of amides is 1. The summed E-state index contributed by atoms with van der Waals surface area (Å²) >= 11 is 1.58. The number of anilines is 1. The van der Waals surface area contributed by atoms with Crippen molar-refractivity contribution in [2.75, 3.05) is 5.32 Å². The maximum Gasteiger partial charge on any atom is 0.244 e. The predicted octanol–water partition coefficient (Wildman–Crippen LogP) is 4.90. The molecule has 0 bridgehead atoms. The van der Waals surface area contributed by atoms with Gasteiger partial charge in [-0.25, -0.2) is 0 Å². The summed E-state index contributed by atoms with van der Waals surface area (Å²) < 4.78 is 1.96. The Hall–Kier alpha value is -2.58. The van der Waals surface area contributed by atoms with Crippen molar-refractivity contribution in [3.8, 4) is 6.07 Å². The zero-order valence-corrected chi connectivity index (χ0v) is 16.5. The Morgan fingerprint density at radius 1 is 1.41 bits per heavy atom. The van der Waals surface area contributed by atoms with Gasteiger partial charge in [-0.3, -0.25) is 4.79 Å². The van der Waals surface area contributed by atoms with Crippen LogP contribution in [0.4, 0.5) is 5.00 Å². The number of aryl methyl sites for hydroxylation is 1. The van der Waals surface area contributed by atoms with Gasteiger partial charge in [-0.05, 0) is 66.3 Å². The number of aromatic nitrogens is 1. The highest BCUT2D eigenvalue weighted by Gasteiger charge is 2.24. The fourth-order valence-corrected chi connectivity index (χ4v) is 5.26. The zero-order chi connectivity index (χ0) is 19.0. The van der Waals surface area contributed by atoms with E-state index in [2.05, 4.69) is 43.4 Å². The van der Waals surface area contributed by atoms with Gasteiger partial charge in [-0.1, -0.05) is 19.9 Å². The van der Waals surface area contributed by atoms with E-state index in [0.29, 0.717) is 16.5 Å². The number of hydrogen-bond donors (Lipinski definition) is 1. The van der Waals surface area contributed by atoms with Crippen LogP contribution in [0.2, 0.25) is 0 Å². The van der Waals surface area contributed by atoms with Crippen LogP contribution < -0.4 is 5.32 Å². The Balaban J connectivity index is 1.54. The van der Waals surface area contributed by atoms with Gasteiger partial charge in [0.05, 0.1) is 5.56 Å². The quantitative estimate of drug-likeness (QED) is 0.703. The van der Waals surface area contributed by atoms with Crippen molar-refractivity contribution >= 4 is 33.1 Å². The summed E-state index contributed by atoms with van der Waals surface area (Å²) in [4.78, 5) is 13.9. The minimum atomic E-state index is -0.0878. The second-order valence-electron chi connectivity index (χ2n) is 7.41. The fourth-order valence-electron chi connectivity index (χ4n) is 3.89. The Bertz CT molecular complexity index is 1050. The first-order valence-corrected chi connectivity index (χ1v) is 10.3. The average molecular weight is 378 g/mol. The summed E-state index contributed by atoms with van der Waals surface area (Å²) in [5.41, 5.74) is 4.17. The van der Waals surface area contributed by atoms with Gasteiger partial charge in [-0.15, -0.1) is 11.3 Å². The maximum atomic E-state index is 12.7. The van der Waals surface area contributed by atoms with Crippen LogP contribution in [0.5, 0.6) is 0 Å². The van der Waals surface area contributed by atoms with Gasteiger partial charge in [0.25, 0.3) is 0 Å². The van der Waals surface area contributed by atoms with E-state index in [1.54, 1.807) is 11.3 Å². The molecule has 1 atom stereocenters. The van der Waals surface area contributed by atoms with E-state index in [1.807, 2.05) is 16.8 Å². The minimum Gasteiger partial charge on any atom is -0.338 e. The number of fused-ring (bicyclic) bond motifs is 2. The largest absolute Gasteiger partial charge is 0.338 e. The molecule has 3 aromatic rings. The lowest BCUT2D eigenvalue weighted by atomic mass is 9.89. The van der Waals surface area contributed by atoms with Crippen LogP contribution in [-0.4, -0.2) is 10.5 Å². The van der Waals surface area contributed by atoms with Crippen molar-refractivity contribution in [1.29, 1.82) is 5.26 Å². The molecule has 1 unspecified atom stereocenters. The van der Waals surface area contributed by atoms with Crippen LogP contribution in [-0.2, 0) is 30.6 Å². The maximum absolute atomic E-state index is 12.7. The van der Waals surface area contributed by atoms with Crippen molar-refractivity contribution in [2.24, 2.45) is 5.92 Å². The summed E-state index contributed by atoms with van der Waals surface area (Å²) in [6.45, 7) is 4.63. The standard InChI is InChI=1S/C22H23N3OS/c1-3-15-5-7-19-16(11-15)8-9-25(19)13-21(26)24-22-18(12-23)17-6-4-14(2)10-20(17)27-22/h5,7-9,11,14H,3-4,6,10,13H2,1-2H3,(H,24,26). The highest BCUT2D eigenvalue weighted by Crippen LogP contribution is 2.39. The van der Waals surface area contributed by atoms with E-state index in [0.717, 1.165) is 42.1 Å². The first-order valence-electron chi connectivity index (χ1n) is 9.51. The molecular formula is C22H23N3OS. The monoisotopic (exact) mass is 377 g/mol. The van der Waals surface area contributed by atoms with Gasteiger partial charge >= 0.3 is 0 Å². The van der Waals surface area contributed by atoms with E-state index in [9.17, 15) is 10.1 Å². The first kappa shape index (κ1) is 17.8. The van der Waals surface area contributed by atoms with Crippen LogP contribution in [0.1, 0.15) is 41.8 Å². The summed E-state index contributed by atoms with van der Waals surface area (Å²) in [6, 6.07) is 10.7. The summed E-state index contributed by atoms with van der Waals surface area (Å²) in [6.07, 6.45) is 6.01. The van der Waals surface area contributed by atoms with Crippen LogP contribution >= 0.6 is 11.3 Å². The van der Waals surface area contributed by atoms with E-state index < -0.39 is 0 Å². The third-order valence-corrected chi connectivity index (χ3v) is 6.60. The Labute approximate surface area is 163 Å². The lowest BCUT2D eigenvalue weighted by Crippen LogP contribution is -2.18. The van der Waals surface area contributed by atoms with Crippen LogP contribution in [0, 0.1) is 17.2 Å². The number of thiophene rings is 1. The molecule has 138 valence electrons.